The third kappa shape index (κ3) is 5.13. The molecule has 3 aromatic rings. The molecule has 5 rings (SSSR count). The van der Waals surface area contributed by atoms with E-state index < -0.39 is 41.8 Å². The Morgan fingerprint density at radius 2 is 1.67 bits per heavy atom. The third-order valence-corrected chi connectivity index (χ3v) is 7.09. The van der Waals surface area contributed by atoms with Crippen LogP contribution in [0.5, 0.6) is 0 Å². The molecular weight excluding hydrogens is 500 g/mol. The molecule has 1 aromatic heterocycles. The van der Waals surface area contributed by atoms with Crippen LogP contribution in [0.15, 0.2) is 54.6 Å². The first-order valence-electron chi connectivity index (χ1n) is 13.1. The molecule has 9 heteroatoms. The molecule has 1 fully saturated rings. The van der Waals surface area contributed by atoms with Crippen molar-refractivity contribution < 1.29 is 33.4 Å². The predicted octanol–water partition coefficient (Wildman–Crippen LogP) is 5.70. The Balaban J connectivity index is 1.66. The number of hydrogen-bond donors (Lipinski definition) is 0. The minimum Gasteiger partial charge on any atom is -0.455 e. The maximum atomic E-state index is 13.6. The zero-order valence-electron chi connectivity index (χ0n) is 22.5. The van der Waals surface area contributed by atoms with Crippen LogP contribution in [0.25, 0.3) is 10.9 Å². The van der Waals surface area contributed by atoms with E-state index in [2.05, 4.69) is 0 Å². The summed E-state index contributed by atoms with van der Waals surface area (Å²) in [4.78, 5) is 54.5. The summed E-state index contributed by atoms with van der Waals surface area (Å²) in [7, 11) is 0. The van der Waals surface area contributed by atoms with E-state index in [-0.39, 0.29) is 31.8 Å². The molecule has 2 heterocycles. The summed E-state index contributed by atoms with van der Waals surface area (Å²) in [6.07, 6.45) is -1.94. The first kappa shape index (κ1) is 26.5. The standard InChI is InChI=1S/C30H32N2O7/c1-18(33)38-27-21-14-15-31(28(35)37-17-19-10-6-5-7-11-19)23(16-24(21)34)25-20-12-8-9-13-22(20)32(26(25)27)29(36)39-30(2,3)4/h5-13,21,23,27H,14-17H2,1-4H3. The summed E-state index contributed by atoms with van der Waals surface area (Å²) in [6, 6.07) is 15.9. The van der Waals surface area contributed by atoms with Gasteiger partial charge >= 0.3 is 18.2 Å². The number of likely N-dealkylation sites (tertiary alicyclic amines) is 1. The van der Waals surface area contributed by atoms with Crippen molar-refractivity contribution in [3.63, 3.8) is 0 Å². The molecule has 1 amide bonds. The number of para-hydroxylation sites is 1. The molecule has 3 unspecified atom stereocenters. The topological polar surface area (TPSA) is 104 Å². The fraction of sp³-hybridized carbons (Fsp3) is 0.400. The van der Waals surface area contributed by atoms with E-state index in [9.17, 15) is 19.2 Å². The van der Waals surface area contributed by atoms with Crippen molar-refractivity contribution in [2.75, 3.05) is 6.54 Å². The Morgan fingerprint density at radius 3 is 2.36 bits per heavy atom. The van der Waals surface area contributed by atoms with Crippen LogP contribution in [0, 0.1) is 5.92 Å². The normalized spacial score (nSPS) is 20.7. The number of benzene rings is 2. The second-order valence-corrected chi connectivity index (χ2v) is 11.0. The molecule has 1 saturated heterocycles. The van der Waals surface area contributed by atoms with Gasteiger partial charge in [-0.3, -0.25) is 9.59 Å². The molecule has 0 radical (unpaired) electrons. The Kier molecular flexibility index (Phi) is 6.92. The number of fused-ring (bicyclic) bond motifs is 7. The number of esters is 1. The van der Waals surface area contributed by atoms with Crippen molar-refractivity contribution in [3.05, 3.63) is 71.4 Å². The van der Waals surface area contributed by atoms with Crippen LogP contribution < -0.4 is 0 Å². The number of amides is 1. The lowest BCUT2D eigenvalue weighted by atomic mass is 9.91. The predicted molar refractivity (Wildman–Crippen MR) is 142 cm³/mol. The van der Waals surface area contributed by atoms with Gasteiger partial charge in [0.05, 0.1) is 23.2 Å². The number of nitrogens with zero attached hydrogens (tertiary/aromatic N) is 2. The number of ketones is 1. The molecule has 1 aliphatic heterocycles. The number of rotatable bonds is 3. The Bertz CT molecular complexity index is 1440. The van der Waals surface area contributed by atoms with Gasteiger partial charge in [-0.2, -0.15) is 0 Å². The molecule has 2 bridgehead atoms. The SMILES string of the molecule is CC(=O)OC1c2c(c3ccccc3n2C(=O)OC(C)(C)C)C2CC(=O)C1CCN2C(=O)OCc1ccccc1. The molecular formula is C30H32N2O7. The van der Waals surface area contributed by atoms with Crippen molar-refractivity contribution in [1.29, 1.82) is 0 Å². The highest BCUT2D eigenvalue weighted by Crippen LogP contribution is 2.49. The molecule has 3 atom stereocenters. The largest absolute Gasteiger partial charge is 0.455 e. The summed E-state index contributed by atoms with van der Waals surface area (Å²) < 4.78 is 18.6. The van der Waals surface area contributed by atoms with Crippen LogP contribution in [0.2, 0.25) is 0 Å². The highest BCUT2D eigenvalue weighted by molar-refractivity contribution is 5.97. The number of aromatic nitrogens is 1. The maximum absolute atomic E-state index is 13.6. The van der Waals surface area contributed by atoms with Crippen molar-refractivity contribution >= 4 is 34.8 Å². The van der Waals surface area contributed by atoms with Crippen LogP contribution in [-0.2, 0) is 30.4 Å². The zero-order valence-corrected chi connectivity index (χ0v) is 22.5. The van der Waals surface area contributed by atoms with Crippen molar-refractivity contribution in [2.24, 2.45) is 5.92 Å². The maximum Gasteiger partial charge on any atom is 0.419 e. The van der Waals surface area contributed by atoms with Crippen LogP contribution in [0.3, 0.4) is 0 Å². The molecule has 9 nitrogen and oxygen atoms in total. The van der Waals surface area contributed by atoms with Gasteiger partial charge in [0.25, 0.3) is 0 Å². The number of Topliss-reactive ketones (excluding diaryl/α,β-unsaturated/α-hetero) is 1. The van der Waals surface area contributed by atoms with Crippen LogP contribution in [0.1, 0.15) is 69.5 Å². The van der Waals surface area contributed by atoms with E-state index in [0.717, 1.165) is 5.56 Å². The van der Waals surface area contributed by atoms with E-state index in [0.29, 0.717) is 22.2 Å². The number of carbonyl (C=O) groups excluding carboxylic acids is 4. The number of carbonyl (C=O) groups is 4. The lowest BCUT2D eigenvalue weighted by molar-refractivity contribution is -0.152. The van der Waals surface area contributed by atoms with Gasteiger partial charge in [-0.05, 0) is 38.8 Å². The van der Waals surface area contributed by atoms with Gasteiger partial charge in [-0.15, -0.1) is 0 Å². The van der Waals surface area contributed by atoms with Gasteiger partial charge in [-0.1, -0.05) is 48.5 Å². The fourth-order valence-corrected chi connectivity index (χ4v) is 5.57. The van der Waals surface area contributed by atoms with E-state index in [1.165, 1.54) is 11.5 Å². The summed E-state index contributed by atoms with van der Waals surface area (Å²) in [5, 5.41) is 0.678. The molecule has 0 saturated carbocycles. The molecule has 204 valence electrons. The molecule has 2 aromatic carbocycles. The summed E-state index contributed by atoms with van der Waals surface area (Å²) in [5.74, 6) is -1.45. The Morgan fingerprint density at radius 1 is 0.974 bits per heavy atom. The van der Waals surface area contributed by atoms with Gasteiger partial charge in [-0.25, -0.2) is 14.2 Å². The van der Waals surface area contributed by atoms with E-state index in [4.69, 9.17) is 14.2 Å². The highest BCUT2D eigenvalue weighted by Gasteiger charge is 2.49. The average Bonchev–Trinajstić information content (AvgIpc) is 3.05. The summed E-state index contributed by atoms with van der Waals surface area (Å²) >= 11 is 0. The van der Waals surface area contributed by atoms with Crippen molar-refractivity contribution in [2.45, 2.75) is 64.9 Å². The van der Waals surface area contributed by atoms with E-state index >= 15 is 0 Å². The third-order valence-electron chi connectivity index (χ3n) is 7.09. The number of ether oxygens (including phenoxy) is 3. The summed E-state index contributed by atoms with van der Waals surface area (Å²) in [6.45, 7) is 6.90. The Hall–Kier alpha value is -4.14. The van der Waals surface area contributed by atoms with Gasteiger partial charge in [0.2, 0.25) is 0 Å². The quantitative estimate of drug-likeness (QED) is 0.315. The fourth-order valence-electron chi connectivity index (χ4n) is 5.57. The number of hydrogen-bond acceptors (Lipinski definition) is 7. The average molecular weight is 533 g/mol. The van der Waals surface area contributed by atoms with Crippen LogP contribution in [0.4, 0.5) is 9.59 Å². The van der Waals surface area contributed by atoms with E-state index in [1.54, 1.807) is 37.8 Å². The molecule has 2 aliphatic rings. The van der Waals surface area contributed by atoms with Gasteiger partial charge < -0.3 is 19.1 Å². The van der Waals surface area contributed by atoms with Gasteiger partial charge in [0, 0.05) is 30.8 Å². The highest BCUT2D eigenvalue weighted by atomic mass is 16.6. The van der Waals surface area contributed by atoms with E-state index in [1.807, 2.05) is 42.5 Å². The molecule has 0 N–H and O–H groups in total. The molecule has 39 heavy (non-hydrogen) atoms. The second kappa shape index (κ2) is 10.2. The second-order valence-electron chi connectivity index (χ2n) is 11.0. The lowest BCUT2D eigenvalue weighted by Gasteiger charge is -2.33. The first-order valence-corrected chi connectivity index (χ1v) is 13.1. The van der Waals surface area contributed by atoms with Crippen LogP contribution >= 0.6 is 0 Å². The molecule has 0 spiro atoms. The zero-order chi connectivity index (χ0) is 27.9. The lowest BCUT2D eigenvalue weighted by Crippen LogP contribution is -2.38. The minimum atomic E-state index is -1.00. The van der Waals surface area contributed by atoms with Crippen molar-refractivity contribution in [3.8, 4) is 0 Å². The molecule has 1 aliphatic carbocycles. The smallest absolute Gasteiger partial charge is 0.419 e. The Labute approximate surface area is 226 Å². The summed E-state index contributed by atoms with van der Waals surface area (Å²) in [5.41, 5.74) is 1.55. The minimum absolute atomic E-state index is 0.0121. The first-order chi connectivity index (χ1) is 18.5. The monoisotopic (exact) mass is 532 g/mol. The van der Waals surface area contributed by atoms with Gasteiger partial charge in [0.1, 0.15) is 18.0 Å². The van der Waals surface area contributed by atoms with Gasteiger partial charge in [0.15, 0.2) is 6.10 Å². The van der Waals surface area contributed by atoms with Crippen molar-refractivity contribution in [1.82, 2.24) is 9.47 Å². The van der Waals surface area contributed by atoms with Crippen LogP contribution in [-0.4, -0.2) is 45.6 Å².